The molecule has 1 aromatic rings. The van der Waals surface area contributed by atoms with Gasteiger partial charge in [0.05, 0.1) is 11.9 Å². The van der Waals surface area contributed by atoms with Crippen molar-refractivity contribution in [2.75, 3.05) is 25.6 Å². The number of rotatable bonds is 5. The first-order valence-corrected chi connectivity index (χ1v) is 4.04. The zero-order valence-electron chi connectivity index (χ0n) is 7.58. The Bertz CT molecular complexity index is 222. The molecule has 4 nitrogen and oxygen atoms in total. The van der Waals surface area contributed by atoms with Gasteiger partial charge in [0.25, 0.3) is 0 Å². The standard InChI is InChI=1S/C8H15N3O/c1-11-7-8(6-10-11)9-4-3-5-12-2/h6-7,9H,3-5H2,1-2H3. The van der Waals surface area contributed by atoms with Crippen molar-refractivity contribution in [2.45, 2.75) is 6.42 Å². The Kier molecular flexibility index (Phi) is 3.60. The fourth-order valence-corrected chi connectivity index (χ4v) is 0.962. The highest BCUT2D eigenvalue weighted by Gasteiger charge is 1.92. The van der Waals surface area contributed by atoms with Gasteiger partial charge in [-0.25, -0.2) is 0 Å². The van der Waals surface area contributed by atoms with E-state index in [2.05, 4.69) is 10.4 Å². The maximum Gasteiger partial charge on any atom is 0.0726 e. The van der Waals surface area contributed by atoms with Gasteiger partial charge >= 0.3 is 0 Å². The van der Waals surface area contributed by atoms with Crippen molar-refractivity contribution in [1.29, 1.82) is 0 Å². The van der Waals surface area contributed by atoms with Crippen LogP contribution in [0.15, 0.2) is 12.4 Å². The number of aryl methyl sites for hydroxylation is 1. The smallest absolute Gasteiger partial charge is 0.0726 e. The SMILES string of the molecule is COCCCNc1cnn(C)c1. The molecule has 0 unspecified atom stereocenters. The van der Waals surface area contributed by atoms with Gasteiger partial charge < -0.3 is 10.1 Å². The summed E-state index contributed by atoms with van der Waals surface area (Å²) < 4.78 is 6.70. The van der Waals surface area contributed by atoms with Crippen LogP contribution in [0.4, 0.5) is 5.69 Å². The lowest BCUT2D eigenvalue weighted by Crippen LogP contribution is -2.03. The first kappa shape index (κ1) is 9.06. The van der Waals surface area contributed by atoms with Gasteiger partial charge in [0.2, 0.25) is 0 Å². The minimum absolute atomic E-state index is 0.799. The molecule has 0 amide bonds. The third-order valence-electron chi connectivity index (χ3n) is 1.56. The number of hydrogen-bond donors (Lipinski definition) is 1. The molecule has 1 N–H and O–H groups in total. The van der Waals surface area contributed by atoms with Gasteiger partial charge in [0.15, 0.2) is 0 Å². The van der Waals surface area contributed by atoms with E-state index < -0.39 is 0 Å². The lowest BCUT2D eigenvalue weighted by Gasteiger charge is -2.01. The molecule has 0 aliphatic rings. The monoisotopic (exact) mass is 169 g/mol. The molecule has 4 heteroatoms. The van der Waals surface area contributed by atoms with Gasteiger partial charge in [-0.3, -0.25) is 4.68 Å². The van der Waals surface area contributed by atoms with Crippen LogP contribution in [0.2, 0.25) is 0 Å². The quantitative estimate of drug-likeness (QED) is 0.665. The van der Waals surface area contributed by atoms with E-state index in [1.807, 2.05) is 19.4 Å². The Morgan fingerprint density at radius 2 is 2.50 bits per heavy atom. The van der Waals surface area contributed by atoms with Crippen molar-refractivity contribution >= 4 is 5.69 Å². The van der Waals surface area contributed by atoms with Crippen LogP contribution in [0.5, 0.6) is 0 Å². The number of methoxy groups -OCH3 is 1. The third-order valence-corrected chi connectivity index (χ3v) is 1.56. The Balaban J connectivity index is 2.15. The van der Waals surface area contributed by atoms with Crippen LogP contribution in [-0.4, -0.2) is 30.0 Å². The number of nitrogens with zero attached hydrogens (tertiary/aromatic N) is 2. The van der Waals surface area contributed by atoms with Crippen LogP contribution in [-0.2, 0) is 11.8 Å². The molecule has 0 spiro atoms. The van der Waals surface area contributed by atoms with Crippen LogP contribution in [0, 0.1) is 0 Å². The summed E-state index contributed by atoms with van der Waals surface area (Å²) in [5.74, 6) is 0. The number of anilines is 1. The molecule has 0 atom stereocenters. The number of aromatic nitrogens is 2. The number of hydrogen-bond acceptors (Lipinski definition) is 3. The van der Waals surface area contributed by atoms with Crippen molar-refractivity contribution in [3.8, 4) is 0 Å². The van der Waals surface area contributed by atoms with Crippen LogP contribution in [0.25, 0.3) is 0 Å². The molecular weight excluding hydrogens is 154 g/mol. The molecule has 0 aliphatic carbocycles. The van der Waals surface area contributed by atoms with E-state index in [0.717, 1.165) is 25.3 Å². The van der Waals surface area contributed by atoms with Gasteiger partial charge in [-0.2, -0.15) is 5.10 Å². The predicted octanol–water partition coefficient (Wildman–Crippen LogP) is 0.868. The zero-order chi connectivity index (χ0) is 8.81. The predicted molar refractivity (Wildman–Crippen MR) is 48.2 cm³/mol. The lowest BCUT2D eigenvalue weighted by atomic mass is 10.4. The molecule has 1 aromatic heterocycles. The second-order valence-electron chi connectivity index (χ2n) is 2.68. The van der Waals surface area contributed by atoms with E-state index >= 15 is 0 Å². The molecule has 1 heterocycles. The molecule has 12 heavy (non-hydrogen) atoms. The van der Waals surface area contributed by atoms with E-state index in [0.29, 0.717) is 0 Å². The van der Waals surface area contributed by atoms with Crippen molar-refractivity contribution in [3.05, 3.63) is 12.4 Å². The normalized spacial score (nSPS) is 10.2. The van der Waals surface area contributed by atoms with E-state index in [4.69, 9.17) is 4.74 Å². The summed E-state index contributed by atoms with van der Waals surface area (Å²) in [5, 5.41) is 7.28. The highest BCUT2D eigenvalue weighted by Crippen LogP contribution is 2.02. The van der Waals surface area contributed by atoms with E-state index in [-0.39, 0.29) is 0 Å². The van der Waals surface area contributed by atoms with Crippen LogP contribution in [0.1, 0.15) is 6.42 Å². The lowest BCUT2D eigenvalue weighted by molar-refractivity contribution is 0.198. The second-order valence-corrected chi connectivity index (χ2v) is 2.68. The molecule has 0 bridgehead atoms. The van der Waals surface area contributed by atoms with Gasteiger partial charge in [0, 0.05) is 33.5 Å². The first-order chi connectivity index (χ1) is 5.83. The van der Waals surface area contributed by atoms with Crippen LogP contribution >= 0.6 is 0 Å². The fraction of sp³-hybridized carbons (Fsp3) is 0.625. The van der Waals surface area contributed by atoms with Crippen molar-refractivity contribution in [2.24, 2.45) is 7.05 Å². The van der Waals surface area contributed by atoms with Gasteiger partial charge in [-0.15, -0.1) is 0 Å². The third kappa shape index (κ3) is 2.92. The molecule has 0 aromatic carbocycles. The highest BCUT2D eigenvalue weighted by molar-refractivity contribution is 5.37. The minimum Gasteiger partial charge on any atom is -0.385 e. The number of ether oxygens (including phenoxy) is 1. The van der Waals surface area contributed by atoms with E-state index in [1.165, 1.54) is 0 Å². The summed E-state index contributed by atoms with van der Waals surface area (Å²) in [6, 6.07) is 0. The van der Waals surface area contributed by atoms with Crippen molar-refractivity contribution < 1.29 is 4.74 Å². The fourth-order valence-electron chi connectivity index (χ4n) is 0.962. The molecule has 0 saturated heterocycles. The molecule has 0 fully saturated rings. The van der Waals surface area contributed by atoms with Crippen molar-refractivity contribution in [1.82, 2.24) is 9.78 Å². The minimum atomic E-state index is 0.799. The number of nitrogens with one attached hydrogen (secondary N) is 1. The molecule has 68 valence electrons. The maximum absolute atomic E-state index is 4.92. The Hall–Kier alpha value is -1.03. The highest BCUT2D eigenvalue weighted by atomic mass is 16.5. The van der Waals surface area contributed by atoms with Gasteiger partial charge in [-0.05, 0) is 6.42 Å². The summed E-state index contributed by atoms with van der Waals surface area (Å²) in [6.07, 6.45) is 4.78. The Labute approximate surface area is 72.5 Å². The topological polar surface area (TPSA) is 39.1 Å². The zero-order valence-corrected chi connectivity index (χ0v) is 7.58. The van der Waals surface area contributed by atoms with Crippen molar-refractivity contribution in [3.63, 3.8) is 0 Å². The second kappa shape index (κ2) is 4.77. The van der Waals surface area contributed by atoms with Gasteiger partial charge in [-0.1, -0.05) is 0 Å². The average molecular weight is 169 g/mol. The maximum atomic E-state index is 4.92. The Morgan fingerprint density at radius 1 is 1.67 bits per heavy atom. The van der Waals surface area contributed by atoms with E-state index in [1.54, 1.807) is 11.8 Å². The Morgan fingerprint density at radius 3 is 3.08 bits per heavy atom. The average Bonchev–Trinajstić information content (AvgIpc) is 2.45. The molecule has 0 radical (unpaired) electrons. The molecule has 1 rings (SSSR count). The summed E-state index contributed by atoms with van der Waals surface area (Å²) in [6.45, 7) is 1.73. The summed E-state index contributed by atoms with van der Waals surface area (Å²) in [5.41, 5.74) is 1.06. The largest absolute Gasteiger partial charge is 0.385 e. The molecule has 0 aliphatic heterocycles. The van der Waals surface area contributed by atoms with Crippen LogP contribution in [0.3, 0.4) is 0 Å². The van der Waals surface area contributed by atoms with Crippen LogP contribution < -0.4 is 5.32 Å². The molecule has 0 saturated carbocycles. The van der Waals surface area contributed by atoms with Gasteiger partial charge in [0.1, 0.15) is 0 Å². The first-order valence-electron chi connectivity index (χ1n) is 4.04. The summed E-state index contributed by atoms with van der Waals surface area (Å²) in [4.78, 5) is 0. The summed E-state index contributed by atoms with van der Waals surface area (Å²) in [7, 11) is 3.62. The van der Waals surface area contributed by atoms with E-state index in [9.17, 15) is 0 Å². The molecular formula is C8H15N3O. The summed E-state index contributed by atoms with van der Waals surface area (Å²) >= 11 is 0.